The van der Waals surface area contributed by atoms with Crippen LogP contribution in [0.15, 0.2) is 29.1 Å². The van der Waals surface area contributed by atoms with Crippen molar-refractivity contribution in [3.63, 3.8) is 0 Å². The first-order chi connectivity index (χ1) is 8.20. The van der Waals surface area contributed by atoms with Crippen LogP contribution in [0.5, 0.6) is 5.75 Å². The highest BCUT2D eigenvalue weighted by Gasteiger charge is 2.07. The number of aryl methyl sites for hydroxylation is 2. The molecule has 0 unspecified atom stereocenters. The monoisotopic (exact) mass is 231 g/mol. The number of rotatable bonds is 4. The van der Waals surface area contributed by atoms with Crippen LogP contribution < -0.4 is 4.74 Å². The van der Waals surface area contributed by atoms with Gasteiger partial charge in [0.05, 0.1) is 6.20 Å². The van der Waals surface area contributed by atoms with E-state index in [1.807, 2.05) is 26.0 Å². The first kappa shape index (κ1) is 11.4. The van der Waals surface area contributed by atoms with Crippen molar-refractivity contribution in [2.24, 2.45) is 0 Å². The van der Waals surface area contributed by atoms with Gasteiger partial charge in [-0.15, -0.1) is 0 Å². The zero-order chi connectivity index (χ0) is 12.3. The first-order valence-electron chi connectivity index (χ1n) is 5.28. The van der Waals surface area contributed by atoms with Crippen molar-refractivity contribution in [2.75, 3.05) is 0 Å². The predicted octanol–water partition coefficient (Wildman–Crippen LogP) is 2.68. The van der Waals surface area contributed by atoms with Crippen LogP contribution in [0.2, 0.25) is 0 Å². The fourth-order valence-electron chi connectivity index (χ4n) is 1.73. The Balaban J connectivity index is 2.18. The highest BCUT2D eigenvalue weighted by Crippen LogP contribution is 2.25. The summed E-state index contributed by atoms with van der Waals surface area (Å²) in [6, 6.07) is 3.62. The van der Waals surface area contributed by atoms with Gasteiger partial charge in [0.1, 0.15) is 24.9 Å². The van der Waals surface area contributed by atoms with Crippen molar-refractivity contribution in [3.05, 3.63) is 46.8 Å². The molecule has 1 aromatic carbocycles. The highest BCUT2D eigenvalue weighted by atomic mass is 16.5. The number of aromatic nitrogens is 1. The van der Waals surface area contributed by atoms with E-state index in [1.165, 1.54) is 0 Å². The molecule has 0 fully saturated rings. The van der Waals surface area contributed by atoms with E-state index in [2.05, 4.69) is 5.16 Å². The molecule has 0 atom stereocenters. The summed E-state index contributed by atoms with van der Waals surface area (Å²) in [5, 5.41) is 3.61. The van der Waals surface area contributed by atoms with E-state index < -0.39 is 0 Å². The smallest absolute Gasteiger partial charge is 0.150 e. The minimum atomic E-state index is 0.408. The molecule has 1 aromatic heterocycles. The third kappa shape index (κ3) is 2.53. The average molecular weight is 231 g/mol. The van der Waals surface area contributed by atoms with Crippen LogP contribution in [0.3, 0.4) is 0 Å². The maximum Gasteiger partial charge on any atom is 0.150 e. The molecule has 4 heteroatoms. The van der Waals surface area contributed by atoms with Gasteiger partial charge in [0.25, 0.3) is 0 Å². The quantitative estimate of drug-likeness (QED) is 0.759. The van der Waals surface area contributed by atoms with E-state index >= 15 is 0 Å². The molecular weight excluding hydrogens is 218 g/mol. The Hall–Kier alpha value is -2.10. The van der Waals surface area contributed by atoms with E-state index in [1.54, 1.807) is 12.5 Å². The van der Waals surface area contributed by atoms with Gasteiger partial charge in [0.2, 0.25) is 0 Å². The summed E-state index contributed by atoms with van der Waals surface area (Å²) in [6.45, 7) is 4.25. The Kier molecular flexibility index (Phi) is 3.23. The van der Waals surface area contributed by atoms with Crippen LogP contribution >= 0.6 is 0 Å². The summed E-state index contributed by atoms with van der Waals surface area (Å²) >= 11 is 0. The number of hydrogen-bond donors (Lipinski definition) is 0. The molecule has 0 aliphatic heterocycles. The van der Waals surface area contributed by atoms with Gasteiger partial charge in [-0.05, 0) is 37.1 Å². The Labute approximate surface area is 99.2 Å². The summed E-state index contributed by atoms with van der Waals surface area (Å²) < 4.78 is 10.4. The first-order valence-corrected chi connectivity index (χ1v) is 5.28. The predicted molar refractivity (Wildman–Crippen MR) is 62.1 cm³/mol. The lowest BCUT2D eigenvalue weighted by molar-refractivity contribution is 0.112. The van der Waals surface area contributed by atoms with Crippen LogP contribution in [0, 0.1) is 13.8 Å². The van der Waals surface area contributed by atoms with Crippen LogP contribution in [0.1, 0.15) is 27.0 Å². The SMILES string of the molecule is Cc1cc(C=O)cc(C)c1OCc1cnoc1. The van der Waals surface area contributed by atoms with Crippen LogP contribution in [0.25, 0.3) is 0 Å². The van der Waals surface area contributed by atoms with Crippen LogP contribution in [-0.4, -0.2) is 11.4 Å². The third-order valence-electron chi connectivity index (χ3n) is 2.49. The molecule has 1 heterocycles. The normalized spacial score (nSPS) is 10.2. The second kappa shape index (κ2) is 4.82. The molecule has 0 aliphatic rings. The van der Waals surface area contributed by atoms with Gasteiger partial charge < -0.3 is 9.26 Å². The van der Waals surface area contributed by atoms with Crippen molar-refractivity contribution in [2.45, 2.75) is 20.5 Å². The van der Waals surface area contributed by atoms with Crippen molar-refractivity contribution < 1.29 is 14.1 Å². The van der Waals surface area contributed by atoms with Crippen LogP contribution in [-0.2, 0) is 6.61 Å². The van der Waals surface area contributed by atoms with E-state index in [4.69, 9.17) is 9.26 Å². The molecule has 0 amide bonds. The molecule has 0 spiro atoms. The van der Waals surface area contributed by atoms with Gasteiger partial charge in [-0.2, -0.15) is 0 Å². The zero-order valence-corrected chi connectivity index (χ0v) is 9.77. The lowest BCUT2D eigenvalue weighted by Gasteiger charge is -2.11. The van der Waals surface area contributed by atoms with Gasteiger partial charge >= 0.3 is 0 Å². The van der Waals surface area contributed by atoms with E-state index in [0.29, 0.717) is 12.2 Å². The molecule has 0 N–H and O–H groups in total. The minimum Gasteiger partial charge on any atom is -0.488 e. The van der Waals surface area contributed by atoms with E-state index in [9.17, 15) is 4.79 Å². The maximum atomic E-state index is 10.7. The molecule has 2 aromatic rings. The topological polar surface area (TPSA) is 52.3 Å². The summed E-state index contributed by atoms with van der Waals surface area (Å²) in [5.74, 6) is 0.803. The molecule has 17 heavy (non-hydrogen) atoms. The number of carbonyl (C=O) groups excluding carboxylic acids is 1. The lowest BCUT2D eigenvalue weighted by atomic mass is 10.1. The third-order valence-corrected chi connectivity index (χ3v) is 2.49. The zero-order valence-electron chi connectivity index (χ0n) is 9.77. The fourth-order valence-corrected chi connectivity index (χ4v) is 1.73. The maximum absolute atomic E-state index is 10.7. The van der Waals surface area contributed by atoms with Crippen LogP contribution in [0.4, 0.5) is 0 Å². The molecule has 0 aliphatic carbocycles. The Morgan fingerprint density at radius 1 is 1.35 bits per heavy atom. The van der Waals surface area contributed by atoms with E-state index in [0.717, 1.165) is 28.7 Å². The lowest BCUT2D eigenvalue weighted by Crippen LogP contribution is -1.99. The molecule has 0 saturated heterocycles. The summed E-state index contributed by atoms with van der Waals surface area (Å²) in [7, 11) is 0. The number of carbonyl (C=O) groups is 1. The Bertz CT molecular complexity index is 494. The van der Waals surface area contributed by atoms with E-state index in [-0.39, 0.29) is 0 Å². The van der Waals surface area contributed by atoms with Gasteiger partial charge in [-0.3, -0.25) is 4.79 Å². The Morgan fingerprint density at radius 2 is 2.06 bits per heavy atom. The van der Waals surface area contributed by atoms with Gasteiger partial charge in [0.15, 0.2) is 0 Å². The molecule has 88 valence electrons. The average Bonchev–Trinajstić information content (AvgIpc) is 2.80. The van der Waals surface area contributed by atoms with Crippen molar-refractivity contribution >= 4 is 6.29 Å². The molecule has 4 nitrogen and oxygen atoms in total. The summed E-state index contributed by atoms with van der Waals surface area (Å²) in [4.78, 5) is 10.7. The Morgan fingerprint density at radius 3 is 2.59 bits per heavy atom. The summed E-state index contributed by atoms with van der Waals surface area (Å²) in [6.07, 6.45) is 4.00. The second-order valence-corrected chi connectivity index (χ2v) is 3.92. The molecule has 0 saturated carbocycles. The van der Waals surface area contributed by atoms with Gasteiger partial charge in [0, 0.05) is 11.1 Å². The van der Waals surface area contributed by atoms with Crippen molar-refractivity contribution in [1.82, 2.24) is 5.16 Å². The van der Waals surface area contributed by atoms with Crippen molar-refractivity contribution in [1.29, 1.82) is 0 Å². The molecule has 2 rings (SSSR count). The molecule has 0 bridgehead atoms. The minimum absolute atomic E-state index is 0.408. The highest BCUT2D eigenvalue weighted by molar-refractivity contribution is 5.76. The second-order valence-electron chi connectivity index (χ2n) is 3.92. The summed E-state index contributed by atoms with van der Waals surface area (Å²) in [5.41, 5.74) is 3.44. The van der Waals surface area contributed by atoms with Crippen molar-refractivity contribution in [3.8, 4) is 5.75 Å². The fraction of sp³-hybridized carbons (Fsp3) is 0.231. The number of aldehydes is 1. The number of benzene rings is 1. The molecule has 0 radical (unpaired) electrons. The number of hydrogen-bond acceptors (Lipinski definition) is 4. The number of nitrogens with zero attached hydrogens (tertiary/aromatic N) is 1. The number of ether oxygens (including phenoxy) is 1. The largest absolute Gasteiger partial charge is 0.488 e. The molecular formula is C13H13NO3. The van der Waals surface area contributed by atoms with Gasteiger partial charge in [-0.25, -0.2) is 0 Å². The van der Waals surface area contributed by atoms with Gasteiger partial charge in [-0.1, -0.05) is 5.16 Å². The standard InChI is InChI=1S/C13H13NO3/c1-9-3-11(6-15)4-10(2)13(9)16-7-12-5-14-17-8-12/h3-6,8H,7H2,1-2H3.